The van der Waals surface area contributed by atoms with Gasteiger partial charge in [-0.25, -0.2) is 8.42 Å². The molecule has 1 N–H and O–H groups in total. The maximum absolute atomic E-state index is 13.5. The third kappa shape index (κ3) is 7.63. The average molecular weight is 546 g/mol. The molecule has 0 fully saturated rings. The highest BCUT2D eigenvalue weighted by atomic mass is 32.2. The number of sulfonamides is 1. The third-order valence-corrected chi connectivity index (χ3v) is 7.85. The van der Waals surface area contributed by atoms with Crippen LogP contribution in [-0.4, -0.2) is 56.8 Å². The van der Waals surface area contributed by atoms with Crippen molar-refractivity contribution in [1.82, 2.24) is 10.2 Å². The fourth-order valence-electron chi connectivity index (χ4n) is 4.30. The Labute approximate surface area is 226 Å². The minimum atomic E-state index is -3.61. The topological polar surface area (TPSA) is 105 Å². The summed E-state index contributed by atoms with van der Waals surface area (Å²) in [4.78, 5) is 28.3. The molecule has 0 spiro atoms. The van der Waals surface area contributed by atoms with Crippen molar-refractivity contribution in [2.45, 2.75) is 72.0 Å². The van der Waals surface area contributed by atoms with Gasteiger partial charge >= 0.3 is 0 Å². The van der Waals surface area contributed by atoms with Gasteiger partial charge in [0.2, 0.25) is 28.6 Å². The summed E-state index contributed by atoms with van der Waals surface area (Å²) in [6.45, 7) is 8.31. The molecule has 2 atom stereocenters. The molecule has 10 heteroatoms. The van der Waals surface area contributed by atoms with Crippen molar-refractivity contribution < 1.29 is 27.5 Å². The van der Waals surface area contributed by atoms with E-state index in [2.05, 4.69) is 5.32 Å². The van der Waals surface area contributed by atoms with E-state index in [1.165, 1.54) is 4.31 Å². The number of hydrogen-bond acceptors (Lipinski definition) is 6. The van der Waals surface area contributed by atoms with Crippen LogP contribution in [0.1, 0.15) is 57.6 Å². The molecular formula is C28H39N3O6S. The first-order valence-corrected chi connectivity index (χ1v) is 14.9. The molecule has 0 aliphatic carbocycles. The van der Waals surface area contributed by atoms with E-state index in [1.54, 1.807) is 23.1 Å². The van der Waals surface area contributed by atoms with Gasteiger partial charge in [0.25, 0.3) is 0 Å². The molecular weight excluding hydrogens is 506 g/mol. The van der Waals surface area contributed by atoms with Crippen molar-refractivity contribution >= 4 is 27.5 Å². The van der Waals surface area contributed by atoms with Gasteiger partial charge in [-0.15, -0.1) is 0 Å². The fraction of sp³-hybridized carbons (Fsp3) is 0.500. The first-order valence-electron chi connectivity index (χ1n) is 13.1. The number of amides is 2. The Hall–Kier alpha value is -3.27. The molecule has 208 valence electrons. The number of benzene rings is 2. The summed E-state index contributed by atoms with van der Waals surface area (Å²) in [5.74, 6) is 0.663. The molecule has 0 aromatic heterocycles. The van der Waals surface area contributed by atoms with Crippen molar-refractivity contribution in [2.24, 2.45) is 0 Å². The number of aryl methyl sites for hydroxylation is 1. The number of ether oxygens (including phenoxy) is 2. The Kier molecular flexibility index (Phi) is 10.0. The first kappa shape index (κ1) is 29.3. The van der Waals surface area contributed by atoms with E-state index in [9.17, 15) is 18.0 Å². The van der Waals surface area contributed by atoms with Crippen molar-refractivity contribution in [3.63, 3.8) is 0 Å². The molecule has 0 saturated heterocycles. The number of fused-ring (bicyclic) bond motifs is 1. The van der Waals surface area contributed by atoms with Gasteiger partial charge in [0, 0.05) is 31.6 Å². The van der Waals surface area contributed by atoms with Gasteiger partial charge in [0.15, 0.2) is 11.5 Å². The molecule has 3 rings (SSSR count). The summed E-state index contributed by atoms with van der Waals surface area (Å²) >= 11 is 0. The van der Waals surface area contributed by atoms with Crippen molar-refractivity contribution in [1.29, 1.82) is 0 Å². The van der Waals surface area contributed by atoms with Crippen LogP contribution in [0.4, 0.5) is 5.69 Å². The zero-order valence-electron chi connectivity index (χ0n) is 22.9. The first-order chi connectivity index (χ1) is 18.0. The van der Waals surface area contributed by atoms with E-state index in [4.69, 9.17) is 9.47 Å². The number of anilines is 1. The van der Waals surface area contributed by atoms with Gasteiger partial charge < -0.3 is 19.7 Å². The molecule has 0 unspecified atom stereocenters. The highest BCUT2D eigenvalue weighted by Gasteiger charge is 2.29. The van der Waals surface area contributed by atoms with Crippen LogP contribution in [0, 0.1) is 6.92 Å². The molecule has 1 aliphatic heterocycles. The standard InChI is InChI=1S/C28H39N3O6S/c1-6-21(4)29-28(33)24(7-2)30(18-22-12-10-20(3)11-13-22)27(32)9-8-16-31(38(5,34)35)23-14-15-25-26(17-23)37-19-36-25/h10-15,17,21,24H,6-9,16,18-19H2,1-5H3,(H,29,33)/t21-,24-/m1/s1. The average Bonchev–Trinajstić information content (AvgIpc) is 3.34. The number of carbonyl (C=O) groups is 2. The lowest BCUT2D eigenvalue weighted by atomic mass is 10.1. The summed E-state index contributed by atoms with van der Waals surface area (Å²) in [5.41, 5.74) is 2.48. The molecule has 2 aromatic carbocycles. The summed E-state index contributed by atoms with van der Waals surface area (Å²) in [7, 11) is -3.61. The van der Waals surface area contributed by atoms with Crippen LogP contribution >= 0.6 is 0 Å². The molecule has 0 saturated carbocycles. The van der Waals surface area contributed by atoms with Crippen LogP contribution in [0.25, 0.3) is 0 Å². The van der Waals surface area contributed by atoms with E-state index in [0.717, 1.165) is 23.8 Å². The molecule has 1 heterocycles. The zero-order chi connectivity index (χ0) is 27.9. The maximum Gasteiger partial charge on any atom is 0.243 e. The van der Waals surface area contributed by atoms with Gasteiger partial charge in [-0.2, -0.15) is 0 Å². The second-order valence-electron chi connectivity index (χ2n) is 9.73. The lowest BCUT2D eigenvalue weighted by Gasteiger charge is -2.32. The number of hydrogen-bond donors (Lipinski definition) is 1. The third-order valence-electron chi connectivity index (χ3n) is 6.66. The summed E-state index contributed by atoms with van der Waals surface area (Å²) < 4.78 is 37.2. The van der Waals surface area contributed by atoms with Gasteiger partial charge in [-0.3, -0.25) is 13.9 Å². The Bertz CT molecular complexity index is 1220. The highest BCUT2D eigenvalue weighted by Crippen LogP contribution is 2.36. The molecule has 1 aliphatic rings. The summed E-state index contributed by atoms with van der Waals surface area (Å²) in [6.07, 6.45) is 2.76. The lowest BCUT2D eigenvalue weighted by molar-refractivity contribution is -0.141. The van der Waals surface area contributed by atoms with Gasteiger partial charge in [-0.05, 0) is 50.8 Å². The molecule has 38 heavy (non-hydrogen) atoms. The Morgan fingerprint density at radius 3 is 2.34 bits per heavy atom. The van der Waals surface area contributed by atoms with Gasteiger partial charge in [0.05, 0.1) is 11.9 Å². The smallest absolute Gasteiger partial charge is 0.243 e. The van der Waals surface area contributed by atoms with Crippen LogP contribution in [0.5, 0.6) is 11.5 Å². The highest BCUT2D eigenvalue weighted by molar-refractivity contribution is 7.92. The van der Waals surface area contributed by atoms with Gasteiger partial charge in [0.1, 0.15) is 6.04 Å². The Morgan fingerprint density at radius 1 is 1.03 bits per heavy atom. The van der Waals surface area contributed by atoms with E-state index in [1.807, 2.05) is 52.0 Å². The number of rotatable bonds is 13. The minimum Gasteiger partial charge on any atom is -0.454 e. The molecule has 2 aromatic rings. The van der Waals surface area contributed by atoms with Crippen LogP contribution in [0.2, 0.25) is 0 Å². The Morgan fingerprint density at radius 2 is 1.71 bits per heavy atom. The van der Waals surface area contributed by atoms with Crippen LogP contribution in [-0.2, 0) is 26.2 Å². The van der Waals surface area contributed by atoms with Gasteiger partial charge in [-0.1, -0.05) is 43.7 Å². The quantitative estimate of drug-likeness (QED) is 0.408. The molecule has 0 radical (unpaired) electrons. The number of nitrogens with zero attached hydrogens (tertiary/aromatic N) is 2. The normalized spacial score (nSPS) is 14.0. The van der Waals surface area contributed by atoms with E-state index in [-0.39, 0.29) is 44.0 Å². The number of nitrogens with one attached hydrogen (secondary N) is 1. The van der Waals surface area contributed by atoms with E-state index < -0.39 is 16.1 Å². The summed E-state index contributed by atoms with van der Waals surface area (Å²) in [5, 5.41) is 3.00. The van der Waals surface area contributed by atoms with Crippen LogP contribution in [0.15, 0.2) is 42.5 Å². The van der Waals surface area contributed by atoms with Crippen LogP contribution < -0.4 is 19.1 Å². The SMILES string of the molecule is CC[C@@H](C)NC(=O)[C@@H](CC)N(Cc1ccc(C)cc1)C(=O)CCCN(c1ccc2c(c1)OCO2)S(C)(=O)=O. The predicted octanol–water partition coefficient (Wildman–Crippen LogP) is 3.99. The van der Waals surface area contributed by atoms with E-state index >= 15 is 0 Å². The van der Waals surface area contributed by atoms with E-state index in [0.29, 0.717) is 30.2 Å². The zero-order valence-corrected chi connectivity index (χ0v) is 23.7. The second kappa shape index (κ2) is 13.0. The Balaban J connectivity index is 1.76. The van der Waals surface area contributed by atoms with Crippen molar-refractivity contribution in [3.05, 3.63) is 53.6 Å². The second-order valence-corrected chi connectivity index (χ2v) is 11.6. The maximum atomic E-state index is 13.5. The summed E-state index contributed by atoms with van der Waals surface area (Å²) in [6, 6.07) is 12.2. The molecule has 9 nitrogen and oxygen atoms in total. The van der Waals surface area contributed by atoms with Crippen molar-refractivity contribution in [2.75, 3.05) is 23.9 Å². The fourth-order valence-corrected chi connectivity index (χ4v) is 5.25. The molecule has 2 amide bonds. The van der Waals surface area contributed by atoms with Crippen LogP contribution in [0.3, 0.4) is 0 Å². The monoisotopic (exact) mass is 545 g/mol. The predicted molar refractivity (Wildman–Crippen MR) is 148 cm³/mol. The lowest BCUT2D eigenvalue weighted by Crippen LogP contribution is -2.50. The molecule has 0 bridgehead atoms. The van der Waals surface area contributed by atoms with Crippen molar-refractivity contribution in [3.8, 4) is 11.5 Å². The largest absolute Gasteiger partial charge is 0.454 e. The number of carbonyl (C=O) groups excluding carboxylic acids is 2. The minimum absolute atomic E-state index is 0.00195.